The molecule has 1 fully saturated rings. The van der Waals surface area contributed by atoms with Gasteiger partial charge in [-0.1, -0.05) is 12.1 Å². The molecule has 0 bridgehead atoms. The number of alkyl halides is 3. The minimum atomic E-state index is -4.52. The number of rotatable bonds is 4. The third-order valence-electron chi connectivity index (χ3n) is 4.77. The molecule has 1 unspecified atom stereocenters. The Morgan fingerprint density at radius 2 is 2.12 bits per heavy atom. The van der Waals surface area contributed by atoms with Gasteiger partial charge in [0, 0.05) is 24.2 Å². The zero-order chi connectivity index (χ0) is 19.1. The fourth-order valence-electron chi connectivity index (χ4n) is 3.50. The standard InChI is InChI=1S/C17H21F3N4O2/c1-4-13-16(11(3)22-26-13)12-6-5-7-23(12)15(25)9-24-10(2)8-14(21-24)17(18,19)20/h8,12H,4-7,9H2,1-3H3. The van der Waals surface area contributed by atoms with E-state index < -0.39 is 11.9 Å². The van der Waals surface area contributed by atoms with Crippen LogP contribution in [-0.2, 0) is 23.9 Å². The van der Waals surface area contributed by atoms with Gasteiger partial charge in [0.2, 0.25) is 5.91 Å². The summed E-state index contributed by atoms with van der Waals surface area (Å²) in [6, 6.07) is 0.801. The predicted octanol–water partition coefficient (Wildman–Crippen LogP) is 3.43. The number of carbonyl (C=O) groups excluding carboxylic acids is 1. The van der Waals surface area contributed by atoms with Crippen LogP contribution in [0.1, 0.15) is 54.2 Å². The van der Waals surface area contributed by atoms with Gasteiger partial charge in [-0.15, -0.1) is 0 Å². The SMILES string of the molecule is CCc1onc(C)c1C1CCCN1C(=O)Cn1nc(C(F)(F)F)cc1C. The second kappa shape index (κ2) is 6.77. The second-order valence-corrected chi connectivity index (χ2v) is 6.53. The molecule has 3 heterocycles. The van der Waals surface area contributed by atoms with Crippen molar-refractivity contribution in [2.45, 2.75) is 58.8 Å². The molecule has 1 aliphatic heterocycles. The van der Waals surface area contributed by atoms with Gasteiger partial charge < -0.3 is 9.42 Å². The molecule has 0 aliphatic carbocycles. The van der Waals surface area contributed by atoms with Crippen molar-refractivity contribution in [2.24, 2.45) is 0 Å². The van der Waals surface area contributed by atoms with Crippen LogP contribution in [0.5, 0.6) is 0 Å². The molecule has 26 heavy (non-hydrogen) atoms. The van der Waals surface area contributed by atoms with Gasteiger partial charge in [-0.05, 0) is 32.8 Å². The first-order valence-electron chi connectivity index (χ1n) is 8.58. The highest BCUT2D eigenvalue weighted by atomic mass is 19.4. The number of halogens is 3. The second-order valence-electron chi connectivity index (χ2n) is 6.53. The van der Waals surface area contributed by atoms with Crippen LogP contribution in [0.3, 0.4) is 0 Å². The monoisotopic (exact) mass is 370 g/mol. The molecule has 1 saturated heterocycles. The highest BCUT2D eigenvalue weighted by Gasteiger charge is 2.36. The Balaban J connectivity index is 1.81. The molecule has 1 atom stereocenters. The van der Waals surface area contributed by atoms with Crippen molar-refractivity contribution in [2.75, 3.05) is 6.54 Å². The number of hydrogen-bond donors (Lipinski definition) is 0. The molecule has 0 saturated carbocycles. The molecule has 1 amide bonds. The summed E-state index contributed by atoms with van der Waals surface area (Å²) in [4.78, 5) is 14.5. The normalized spacial score (nSPS) is 17.9. The molecule has 2 aromatic rings. The number of likely N-dealkylation sites (tertiary alicyclic amines) is 1. The molecule has 6 nitrogen and oxygen atoms in total. The lowest BCUT2D eigenvalue weighted by Crippen LogP contribution is -2.34. The van der Waals surface area contributed by atoms with Gasteiger partial charge in [-0.3, -0.25) is 9.48 Å². The molecule has 142 valence electrons. The lowest BCUT2D eigenvalue weighted by atomic mass is 10.0. The first kappa shape index (κ1) is 18.5. The highest BCUT2D eigenvalue weighted by molar-refractivity contribution is 5.77. The smallest absolute Gasteiger partial charge is 0.361 e. The van der Waals surface area contributed by atoms with E-state index in [-0.39, 0.29) is 18.5 Å². The van der Waals surface area contributed by atoms with Gasteiger partial charge in [0.15, 0.2) is 5.69 Å². The summed E-state index contributed by atoms with van der Waals surface area (Å²) in [5.74, 6) is 0.497. The van der Waals surface area contributed by atoms with Gasteiger partial charge in [-0.25, -0.2) is 0 Å². The van der Waals surface area contributed by atoms with Crippen molar-refractivity contribution in [3.8, 4) is 0 Å². The van der Waals surface area contributed by atoms with E-state index in [1.54, 1.807) is 4.90 Å². The molecule has 2 aromatic heterocycles. The Morgan fingerprint density at radius 1 is 1.38 bits per heavy atom. The van der Waals surface area contributed by atoms with E-state index in [2.05, 4.69) is 10.3 Å². The van der Waals surface area contributed by atoms with Gasteiger partial charge in [0.05, 0.1) is 11.7 Å². The molecule has 1 aliphatic rings. The van der Waals surface area contributed by atoms with Crippen molar-refractivity contribution >= 4 is 5.91 Å². The molecule has 0 radical (unpaired) electrons. The van der Waals surface area contributed by atoms with E-state index in [4.69, 9.17) is 4.52 Å². The minimum Gasteiger partial charge on any atom is -0.361 e. The number of aryl methyl sites for hydroxylation is 3. The van der Waals surface area contributed by atoms with Crippen LogP contribution in [0.25, 0.3) is 0 Å². The van der Waals surface area contributed by atoms with E-state index in [1.807, 2.05) is 13.8 Å². The topological polar surface area (TPSA) is 64.2 Å². The zero-order valence-electron chi connectivity index (χ0n) is 14.9. The third kappa shape index (κ3) is 3.34. The van der Waals surface area contributed by atoms with Crippen molar-refractivity contribution in [3.63, 3.8) is 0 Å². The lowest BCUT2D eigenvalue weighted by molar-refractivity contribution is -0.142. The Hall–Kier alpha value is -2.32. The van der Waals surface area contributed by atoms with Crippen LogP contribution < -0.4 is 0 Å². The van der Waals surface area contributed by atoms with Crippen molar-refractivity contribution in [1.29, 1.82) is 0 Å². The van der Waals surface area contributed by atoms with E-state index in [1.165, 1.54) is 6.92 Å². The summed E-state index contributed by atoms with van der Waals surface area (Å²) in [6.45, 7) is 5.65. The highest BCUT2D eigenvalue weighted by Crippen LogP contribution is 2.36. The first-order chi connectivity index (χ1) is 12.2. The maximum absolute atomic E-state index is 12.8. The van der Waals surface area contributed by atoms with E-state index in [0.717, 1.165) is 40.6 Å². The summed E-state index contributed by atoms with van der Waals surface area (Å²) >= 11 is 0. The third-order valence-corrected chi connectivity index (χ3v) is 4.77. The van der Waals surface area contributed by atoms with E-state index in [9.17, 15) is 18.0 Å². The maximum Gasteiger partial charge on any atom is 0.435 e. The number of nitrogens with zero attached hydrogens (tertiary/aromatic N) is 4. The predicted molar refractivity (Wildman–Crippen MR) is 86.3 cm³/mol. The van der Waals surface area contributed by atoms with Crippen molar-refractivity contribution in [3.05, 3.63) is 34.5 Å². The summed E-state index contributed by atoms with van der Waals surface area (Å²) in [7, 11) is 0. The van der Waals surface area contributed by atoms with E-state index in [0.29, 0.717) is 18.7 Å². The molecule has 0 aromatic carbocycles. The largest absolute Gasteiger partial charge is 0.435 e. The van der Waals surface area contributed by atoms with Crippen molar-refractivity contribution in [1.82, 2.24) is 19.8 Å². The lowest BCUT2D eigenvalue weighted by Gasteiger charge is -2.25. The number of aromatic nitrogens is 3. The molecule has 9 heteroatoms. The molecular formula is C17H21F3N4O2. The van der Waals surface area contributed by atoms with Gasteiger partial charge in [-0.2, -0.15) is 18.3 Å². The molecular weight excluding hydrogens is 349 g/mol. The van der Waals surface area contributed by atoms with Crippen LogP contribution in [0.15, 0.2) is 10.6 Å². The maximum atomic E-state index is 12.8. The van der Waals surface area contributed by atoms with Crippen LogP contribution >= 0.6 is 0 Å². The average molecular weight is 370 g/mol. The van der Waals surface area contributed by atoms with Crippen LogP contribution in [-0.4, -0.2) is 32.3 Å². The van der Waals surface area contributed by atoms with Crippen LogP contribution in [0.4, 0.5) is 13.2 Å². The van der Waals surface area contributed by atoms with Gasteiger partial charge >= 0.3 is 6.18 Å². The Bertz CT molecular complexity index is 810. The number of carbonyl (C=O) groups is 1. The molecule has 0 spiro atoms. The average Bonchev–Trinajstić information content (AvgIpc) is 3.25. The Labute approximate surface area is 148 Å². The van der Waals surface area contributed by atoms with Crippen molar-refractivity contribution < 1.29 is 22.5 Å². The molecule has 3 rings (SSSR count). The van der Waals surface area contributed by atoms with Crippen LogP contribution in [0.2, 0.25) is 0 Å². The number of amides is 1. The number of hydrogen-bond acceptors (Lipinski definition) is 4. The molecule has 0 N–H and O–H groups in total. The minimum absolute atomic E-state index is 0.151. The van der Waals surface area contributed by atoms with Gasteiger partial charge in [0.25, 0.3) is 0 Å². The Morgan fingerprint density at radius 3 is 2.73 bits per heavy atom. The summed E-state index contributed by atoms with van der Waals surface area (Å²) in [5, 5.41) is 7.54. The van der Waals surface area contributed by atoms with Gasteiger partial charge in [0.1, 0.15) is 12.3 Å². The Kier molecular flexibility index (Phi) is 4.81. The summed E-state index contributed by atoms with van der Waals surface area (Å²) in [5.41, 5.74) is 0.994. The van der Waals surface area contributed by atoms with Crippen LogP contribution in [0, 0.1) is 13.8 Å². The quantitative estimate of drug-likeness (QED) is 0.827. The first-order valence-corrected chi connectivity index (χ1v) is 8.58. The summed E-state index contributed by atoms with van der Waals surface area (Å²) in [6.07, 6.45) is -2.24. The summed E-state index contributed by atoms with van der Waals surface area (Å²) < 4.78 is 44.9. The zero-order valence-corrected chi connectivity index (χ0v) is 14.9. The fourth-order valence-corrected chi connectivity index (χ4v) is 3.50. The fraction of sp³-hybridized carbons (Fsp3) is 0.588. The van der Waals surface area contributed by atoms with E-state index >= 15 is 0 Å².